The fraction of sp³-hybridized carbons (Fsp3) is 0.231. The van der Waals surface area contributed by atoms with Gasteiger partial charge < -0.3 is 5.11 Å². The van der Waals surface area contributed by atoms with Gasteiger partial charge in [0.2, 0.25) is 0 Å². The molecule has 0 fully saturated rings. The number of aromatic carboxylic acids is 1. The van der Waals surface area contributed by atoms with Crippen LogP contribution >= 0.6 is 0 Å². The number of benzene rings is 1. The smallest absolute Gasteiger partial charge is 0.339 e. The summed E-state index contributed by atoms with van der Waals surface area (Å²) < 4.78 is 1.33. The Morgan fingerprint density at radius 3 is 2.60 bits per heavy atom. The van der Waals surface area contributed by atoms with Crippen molar-refractivity contribution in [2.24, 2.45) is 0 Å². The molecule has 0 bridgehead atoms. The Kier molecular flexibility index (Phi) is 3.51. The number of nitro groups is 1. The lowest BCUT2D eigenvalue weighted by Crippen LogP contribution is -2.09. The minimum atomic E-state index is -1.10. The molecule has 104 valence electrons. The van der Waals surface area contributed by atoms with Gasteiger partial charge in [-0.1, -0.05) is 26.0 Å². The lowest BCUT2D eigenvalue weighted by atomic mass is 10.1. The number of carboxylic acid groups (broad SMARTS) is 1. The van der Waals surface area contributed by atoms with Gasteiger partial charge in [-0.15, -0.1) is 0 Å². The zero-order chi connectivity index (χ0) is 14.9. The van der Waals surface area contributed by atoms with Crippen LogP contribution in [0.15, 0.2) is 30.5 Å². The molecule has 1 aromatic heterocycles. The number of hydrogen-bond donors (Lipinski definition) is 1. The molecular weight excluding hydrogens is 262 g/mol. The number of nitrogens with zero attached hydrogens (tertiary/aromatic N) is 3. The summed E-state index contributed by atoms with van der Waals surface area (Å²) >= 11 is 0. The third-order valence-corrected chi connectivity index (χ3v) is 2.89. The monoisotopic (exact) mass is 275 g/mol. The molecule has 2 aromatic rings. The second-order valence-corrected chi connectivity index (χ2v) is 4.56. The van der Waals surface area contributed by atoms with Gasteiger partial charge in [0.05, 0.1) is 16.8 Å². The molecule has 1 heterocycles. The Morgan fingerprint density at radius 2 is 2.05 bits per heavy atom. The molecule has 0 aliphatic heterocycles. The summed E-state index contributed by atoms with van der Waals surface area (Å²) in [6.45, 7) is 3.63. The first kappa shape index (κ1) is 13.7. The number of rotatable bonds is 4. The lowest BCUT2D eigenvalue weighted by molar-refractivity contribution is -0.384. The Hall–Kier alpha value is -2.70. The first-order valence-corrected chi connectivity index (χ1v) is 5.98. The number of carboxylic acids is 1. The normalized spacial score (nSPS) is 10.8. The molecule has 2 rings (SSSR count). The molecule has 1 N–H and O–H groups in total. The van der Waals surface area contributed by atoms with E-state index in [-0.39, 0.29) is 22.9 Å². The largest absolute Gasteiger partial charge is 0.478 e. The van der Waals surface area contributed by atoms with Crippen molar-refractivity contribution >= 4 is 11.7 Å². The molecule has 0 radical (unpaired) electrons. The number of nitro benzene ring substituents is 1. The van der Waals surface area contributed by atoms with Crippen LogP contribution in [0, 0.1) is 10.1 Å². The minimum Gasteiger partial charge on any atom is -0.478 e. The van der Waals surface area contributed by atoms with E-state index >= 15 is 0 Å². The molecule has 0 atom stereocenters. The van der Waals surface area contributed by atoms with Gasteiger partial charge in [-0.05, 0) is 12.0 Å². The molecule has 1 aromatic carbocycles. The molecule has 20 heavy (non-hydrogen) atoms. The maximum absolute atomic E-state index is 11.2. The third-order valence-electron chi connectivity index (χ3n) is 2.89. The van der Waals surface area contributed by atoms with Gasteiger partial charge in [0, 0.05) is 6.07 Å². The average Bonchev–Trinajstić information content (AvgIpc) is 2.83. The van der Waals surface area contributed by atoms with Crippen LogP contribution in [0.2, 0.25) is 0 Å². The Morgan fingerprint density at radius 1 is 1.40 bits per heavy atom. The van der Waals surface area contributed by atoms with Crippen molar-refractivity contribution in [3.63, 3.8) is 0 Å². The summed E-state index contributed by atoms with van der Waals surface area (Å²) in [6.07, 6.45) is 1.22. The number of aromatic nitrogens is 2. The van der Waals surface area contributed by atoms with Gasteiger partial charge in [0.1, 0.15) is 11.3 Å². The quantitative estimate of drug-likeness (QED) is 0.683. The Balaban J connectivity index is 2.71. The molecule has 0 aliphatic carbocycles. The van der Waals surface area contributed by atoms with E-state index < -0.39 is 10.9 Å². The van der Waals surface area contributed by atoms with E-state index in [2.05, 4.69) is 5.10 Å². The zero-order valence-corrected chi connectivity index (χ0v) is 11.0. The van der Waals surface area contributed by atoms with Gasteiger partial charge in [-0.2, -0.15) is 5.10 Å². The van der Waals surface area contributed by atoms with Crippen LogP contribution in [0.25, 0.3) is 5.69 Å². The third kappa shape index (κ3) is 2.25. The van der Waals surface area contributed by atoms with Gasteiger partial charge in [-0.25, -0.2) is 9.48 Å². The number of carbonyl (C=O) groups is 1. The number of hydrogen-bond acceptors (Lipinski definition) is 4. The van der Waals surface area contributed by atoms with Gasteiger partial charge in [0.15, 0.2) is 0 Å². The summed E-state index contributed by atoms with van der Waals surface area (Å²) in [5.74, 6) is -1.23. The highest BCUT2D eigenvalue weighted by Crippen LogP contribution is 2.28. The SMILES string of the molecule is CC(C)c1c(C(=O)O)cnn1-c1ccccc1[N+](=O)[O-]. The Labute approximate surface area is 114 Å². The fourth-order valence-corrected chi connectivity index (χ4v) is 2.07. The highest BCUT2D eigenvalue weighted by atomic mass is 16.6. The first-order valence-electron chi connectivity index (χ1n) is 5.98. The molecule has 0 aliphatic rings. The average molecular weight is 275 g/mol. The summed E-state index contributed by atoms with van der Waals surface area (Å²) in [6, 6.07) is 6.11. The summed E-state index contributed by atoms with van der Waals surface area (Å²) in [5.41, 5.74) is 0.632. The van der Waals surface area contributed by atoms with E-state index in [4.69, 9.17) is 5.11 Å². The van der Waals surface area contributed by atoms with Crippen molar-refractivity contribution in [1.29, 1.82) is 0 Å². The molecule has 0 unspecified atom stereocenters. The van der Waals surface area contributed by atoms with Crippen LogP contribution in [-0.2, 0) is 0 Å². The second kappa shape index (κ2) is 5.12. The van der Waals surface area contributed by atoms with E-state index in [0.29, 0.717) is 5.69 Å². The fourth-order valence-electron chi connectivity index (χ4n) is 2.07. The summed E-state index contributed by atoms with van der Waals surface area (Å²) in [7, 11) is 0. The Bertz CT molecular complexity index is 676. The van der Waals surface area contributed by atoms with E-state index in [9.17, 15) is 14.9 Å². The van der Waals surface area contributed by atoms with Crippen molar-refractivity contribution in [2.75, 3.05) is 0 Å². The molecule has 0 amide bonds. The van der Waals surface area contributed by atoms with Crippen molar-refractivity contribution in [2.45, 2.75) is 19.8 Å². The predicted octanol–water partition coefficient (Wildman–Crippen LogP) is 2.60. The molecule has 0 spiro atoms. The molecule has 7 heteroatoms. The zero-order valence-electron chi connectivity index (χ0n) is 11.0. The summed E-state index contributed by atoms with van der Waals surface area (Å²) in [4.78, 5) is 21.8. The second-order valence-electron chi connectivity index (χ2n) is 4.56. The van der Waals surface area contributed by atoms with Crippen LogP contribution in [0.1, 0.15) is 35.8 Å². The topological polar surface area (TPSA) is 98.3 Å². The highest BCUT2D eigenvalue weighted by molar-refractivity contribution is 5.89. The predicted molar refractivity (Wildman–Crippen MR) is 71.3 cm³/mol. The van der Waals surface area contributed by atoms with Crippen LogP contribution < -0.4 is 0 Å². The summed E-state index contributed by atoms with van der Waals surface area (Å²) in [5, 5.41) is 24.2. The lowest BCUT2D eigenvalue weighted by Gasteiger charge is -2.11. The van der Waals surface area contributed by atoms with Gasteiger partial charge in [-0.3, -0.25) is 10.1 Å². The van der Waals surface area contributed by atoms with Crippen molar-refractivity contribution in [3.8, 4) is 5.69 Å². The molecule has 7 nitrogen and oxygen atoms in total. The molecule has 0 saturated heterocycles. The van der Waals surface area contributed by atoms with E-state index in [1.54, 1.807) is 18.2 Å². The molecule has 0 saturated carbocycles. The maximum atomic E-state index is 11.2. The van der Waals surface area contributed by atoms with Crippen LogP contribution in [0.5, 0.6) is 0 Å². The van der Waals surface area contributed by atoms with Crippen LogP contribution in [0.4, 0.5) is 5.69 Å². The van der Waals surface area contributed by atoms with Crippen molar-refractivity contribution in [3.05, 3.63) is 51.8 Å². The van der Waals surface area contributed by atoms with E-state index in [1.807, 2.05) is 13.8 Å². The first-order chi connectivity index (χ1) is 9.43. The van der Waals surface area contributed by atoms with Gasteiger partial charge in [0.25, 0.3) is 5.69 Å². The standard InChI is InChI=1S/C13H13N3O4/c1-8(2)12-9(13(17)18)7-14-15(12)10-5-3-4-6-11(10)16(19)20/h3-8H,1-2H3,(H,17,18). The van der Waals surface area contributed by atoms with Crippen molar-refractivity contribution in [1.82, 2.24) is 9.78 Å². The van der Waals surface area contributed by atoms with E-state index in [1.165, 1.54) is 16.9 Å². The highest BCUT2D eigenvalue weighted by Gasteiger charge is 2.24. The van der Waals surface area contributed by atoms with Crippen LogP contribution in [0.3, 0.4) is 0 Å². The van der Waals surface area contributed by atoms with E-state index in [0.717, 1.165) is 0 Å². The van der Waals surface area contributed by atoms with Crippen molar-refractivity contribution < 1.29 is 14.8 Å². The minimum absolute atomic E-state index is 0.0538. The van der Waals surface area contributed by atoms with Crippen LogP contribution in [-0.4, -0.2) is 25.8 Å². The number of para-hydroxylation sites is 2. The maximum Gasteiger partial charge on any atom is 0.339 e. The molecular formula is C13H13N3O4. The van der Waals surface area contributed by atoms with Gasteiger partial charge >= 0.3 is 5.97 Å².